The maximum Gasteiger partial charge on any atom is 0.245 e. The first-order valence-electron chi connectivity index (χ1n) is 3.56. The fraction of sp³-hybridized carbons (Fsp3) is 0.571. The van der Waals surface area contributed by atoms with Gasteiger partial charge in [0.25, 0.3) is 0 Å². The number of likely N-dealkylation sites (N-methyl/N-ethyl adjacent to an activating group) is 1. The first kappa shape index (κ1) is 9.27. The predicted molar refractivity (Wildman–Crippen MR) is 45.7 cm³/mol. The molecule has 0 radical (unpaired) electrons. The zero-order valence-electron chi connectivity index (χ0n) is 6.92. The second-order valence-corrected chi connectivity index (χ2v) is 2.42. The van der Waals surface area contributed by atoms with Crippen molar-refractivity contribution in [3.8, 4) is 0 Å². The number of rotatable bonds is 3. The summed E-state index contributed by atoms with van der Waals surface area (Å²) in [5, 5.41) is 0. The van der Waals surface area contributed by atoms with E-state index in [1.54, 1.807) is 25.1 Å². The molecule has 0 aromatic heterocycles. The van der Waals surface area contributed by atoms with Gasteiger partial charge in [0, 0.05) is 14.1 Å². The Labute approximate surface area is 63.1 Å². The third-order valence-corrected chi connectivity index (χ3v) is 1.16. The van der Waals surface area contributed by atoms with E-state index in [4.69, 9.17) is 0 Å². The lowest BCUT2D eigenvalue weighted by molar-refractivity contribution is -0.123. The second-order valence-electron chi connectivity index (χ2n) is 2.42. The van der Waals surface area contributed by atoms with Crippen LogP contribution in [0.5, 0.6) is 0 Å². The molecule has 0 N–H and O–H groups in total. The van der Waals surface area contributed by atoms with E-state index in [0.717, 1.165) is 13.6 Å². The summed E-state index contributed by atoms with van der Waals surface area (Å²) >= 11 is 0. The van der Waals surface area contributed by atoms with Gasteiger partial charge in [0.1, 0.15) is 7.28 Å². The van der Waals surface area contributed by atoms with Crippen molar-refractivity contribution in [2.45, 2.75) is 13.1 Å². The van der Waals surface area contributed by atoms with Gasteiger partial charge >= 0.3 is 0 Å². The molecule has 0 heterocycles. The van der Waals surface area contributed by atoms with Gasteiger partial charge in [-0.1, -0.05) is 19.2 Å². The van der Waals surface area contributed by atoms with Gasteiger partial charge in [-0.15, -0.1) is 0 Å². The molecule has 0 bridgehead atoms. The fourth-order valence-electron chi connectivity index (χ4n) is 0.500. The van der Waals surface area contributed by atoms with Crippen LogP contribution < -0.4 is 0 Å². The smallest absolute Gasteiger partial charge is 0.245 e. The average molecular weight is 139 g/mol. The van der Waals surface area contributed by atoms with E-state index in [1.807, 2.05) is 6.08 Å². The summed E-state index contributed by atoms with van der Waals surface area (Å²) in [6.07, 6.45) is 4.51. The van der Waals surface area contributed by atoms with Gasteiger partial charge in [0.2, 0.25) is 5.91 Å². The molecule has 0 aromatic carbocycles. The number of hydrogen-bond donors (Lipinski definition) is 0. The maximum absolute atomic E-state index is 10.9. The van der Waals surface area contributed by atoms with Crippen molar-refractivity contribution in [2.75, 3.05) is 14.1 Å². The number of nitrogens with zero attached hydrogens (tertiary/aromatic N) is 1. The number of amides is 1. The molecule has 0 saturated carbocycles. The van der Waals surface area contributed by atoms with Gasteiger partial charge in [-0.3, -0.25) is 4.79 Å². The molecule has 0 atom stereocenters. The largest absolute Gasteiger partial charge is 0.345 e. The van der Waals surface area contributed by atoms with Crippen molar-refractivity contribution in [1.29, 1.82) is 0 Å². The van der Waals surface area contributed by atoms with Crippen LogP contribution in [0.2, 0.25) is 13.1 Å². The van der Waals surface area contributed by atoms with Crippen molar-refractivity contribution in [3.05, 3.63) is 12.2 Å². The lowest BCUT2D eigenvalue weighted by atomic mass is 9.78. The van der Waals surface area contributed by atoms with Crippen LogP contribution in [0.4, 0.5) is 0 Å². The van der Waals surface area contributed by atoms with Crippen molar-refractivity contribution in [3.63, 3.8) is 0 Å². The van der Waals surface area contributed by atoms with Crippen LogP contribution in [-0.4, -0.2) is 32.2 Å². The SMILES string of the molecule is CBC/C=C/C(=O)N(C)C. The topological polar surface area (TPSA) is 20.3 Å². The highest BCUT2D eigenvalue weighted by molar-refractivity contribution is 6.34. The lowest BCUT2D eigenvalue weighted by Gasteiger charge is -2.04. The first-order valence-corrected chi connectivity index (χ1v) is 3.56. The minimum atomic E-state index is 0.0634. The molecule has 0 unspecified atom stereocenters. The van der Waals surface area contributed by atoms with Crippen molar-refractivity contribution < 1.29 is 4.79 Å². The predicted octanol–water partition coefficient (Wildman–Crippen LogP) is 0.534. The molecule has 1 amide bonds. The average Bonchev–Trinajstić information content (AvgIpc) is 1.88. The molecule has 0 saturated heterocycles. The molecule has 2 nitrogen and oxygen atoms in total. The van der Waals surface area contributed by atoms with Crippen LogP contribution in [-0.2, 0) is 4.79 Å². The molecule has 0 aliphatic heterocycles. The Morgan fingerprint density at radius 1 is 1.60 bits per heavy atom. The Hall–Kier alpha value is -0.725. The van der Waals surface area contributed by atoms with Gasteiger partial charge in [-0.25, -0.2) is 0 Å². The highest BCUT2D eigenvalue weighted by Crippen LogP contribution is 1.85. The van der Waals surface area contributed by atoms with Crippen molar-refractivity contribution in [2.24, 2.45) is 0 Å². The maximum atomic E-state index is 10.9. The highest BCUT2D eigenvalue weighted by atomic mass is 16.2. The van der Waals surface area contributed by atoms with Gasteiger partial charge in [-0.05, 0) is 6.08 Å². The molecule has 0 fully saturated rings. The van der Waals surface area contributed by atoms with Gasteiger partial charge in [-0.2, -0.15) is 0 Å². The fourth-order valence-corrected chi connectivity index (χ4v) is 0.500. The van der Waals surface area contributed by atoms with Gasteiger partial charge in [0.15, 0.2) is 0 Å². The quantitative estimate of drug-likeness (QED) is 0.412. The minimum absolute atomic E-state index is 0.0634. The van der Waals surface area contributed by atoms with E-state index >= 15 is 0 Å². The molecular weight excluding hydrogens is 125 g/mol. The molecular formula is C7H14BNO. The minimum Gasteiger partial charge on any atom is -0.345 e. The van der Waals surface area contributed by atoms with E-state index in [2.05, 4.69) is 6.82 Å². The standard InChI is InChI=1S/C7H14BNO/c1-8-6-4-5-7(10)9(2)3/h4-5,8H,6H2,1-3H3/b5-4+. The second kappa shape index (κ2) is 5.09. The molecule has 3 heteroatoms. The number of allylic oxidation sites excluding steroid dienone is 1. The summed E-state index contributed by atoms with van der Waals surface area (Å²) < 4.78 is 0. The number of hydrogen-bond acceptors (Lipinski definition) is 1. The van der Waals surface area contributed by atoms with Crippen molar-refractivity contribution >= 4 is 13.2 Å². The zero-order chi connectivity index (χ0) is 7.98. The third-order valence-electron chi connectivity index (χ3n) is 1.16. The molecule has 10 heavy (non-hydrogen) atoms. The number of carbonyl (C=O) groups is 1. The monoisotopic (exact) mass is 139 g/mol. The third kappa shape index (κ3) is 4.18. The van der Waals surface area contributed by atoms with Crippen molar-refractivity contribution in [1.82, 2.24) is 4.90 Å². The summed E-state index contributed by atoms with van der Waals surface area (Å²) in [5.74, 6) is 0.0634. The Kier molecular flexibility index (Phi) is 4.72. The van der Waals surface area contributed by atoms with Crippen LogP contribution in [0.3, 0.4) is 0 Å². The Morgan fingerprint density at radius 2 is 2.20 bits per heavy atom. The van der Waals surface area contributed by atoms with E-state index in [0.29, 0.717) is 0 Å². The van der Waals surface area contributed by atoms with E-state index < -0.39 is 0 Å². The van der Waals surface area contributed by atoms with Crippen LogP contribution in [0.25, 0.3) is 0 Å². The molecule has 0 spiro atoms. The summed E-state index contributed by atoms with van der Waals surface area (Å²) in [7, 11) is 4.59. The Bertz CT molecular complexity index is 132. The zero-order valence-corrected chi connectivity index (χ0v) is 6.92. The van der Waals surface area contributed by atoms with Crippen LogP contribution in [0.15, 0.2) is 12.2 Å². The Morgan fingerprint density at radius 3 is 2.60 bits per heavy atom. The van der Waals surface area contributed by atoms with Crippen LogP contribution in [0.1, 0.15) is 0 Å². The summed E-state index contributed by atoms with van der Waals surface area (Å²) in [6, 6.07) is 0. The van der Waals surface area contributed by atoms with Crippen LogP contribution >= 0.6 is 0 Å². The molecule has 0 rings (SSSR count). The van der Waals surface area contributed by atoms with Gasteiger partial charge in [0.05, 0.1) is 0 Å². The molecule has 0 aliphatic carbocycles. The number of carbonyl (C=O) groups excluding carboxylic acids is 1. The summed E-state index contributed by atoms with van der Waals surface area (Å²) in [6.45, 7) is 2.09. The summed E-state index contributed by atoms with van der Waals surface area (Å²) in [4.78, 5) is 12.4. The van der Waals surface area contributed by atoms with E-state index in [1.165, 1.54) is 0 Å². The molecule has 56 valence electrons. The van der Waals surface area contributed by atoms with Gasteiger partial charge < -0.3 is 4.90 Å². The first-order chi connectivity index (χ1) is 4.68. The molecule has 0 aliphatic rings. The van der Waals surface area contributed by atoms with Crippen LogP contribution in [0, 0.1) is 0 Å². The van der Waals surface area contributed by atoms with E-state index in [-0.39, 0.29) is 5.91 Å². The summed E-state index contributed by atoms with van der Waals surface area (Å²) in [5.41, 5.74) is 0. The molecule has 0 aromatic rings. The van der Waals surface area contributed by atoms with E-state index in [9.17, 15) is 4.79 Å². The lowest BCUT2D eigenvalue weighted by Crippen LogP contribution is -2.18. The normalized spacial score (nSPS) is 9.90. The highest BCUT2D eigenvalue weighted by Gasteiger charge is 1.94. The Balaban J connectivity index is 3.56.